The highest BCUT2D eigenvalue weighted by atomic mass is 35.5. The van der Waals surface area contributed by atoms with Crippen LogP contribution in [-0.2, 0) is 6.54 Å². The normalized spacial score (nSPS) is 16.2. The summed E-state index contributed by atoms with van der Waals surface area (Å²) in [5.74, 6) is 1.60. The molecule has 0 radical (unpaired) electrons. The number of likely N-dealkylation sites (tertiary alicyclic amines) is 1. The summed E-state index contributed by atoms with van der Waals surface area (Å²) >= 11 is 1.59. The Morgan fingerprint density at radius 3 is 2.50 bits per heavy atom. The Hall–Kier alpha value is -1.30. The second-order valence-electron chi connectivity index (χ2n) is 5.49. The van der Waals surface area contributed by atoms with E-state index in [2.05, 4.69) is 34.1 Å². The van der Waals surface area contributed by atoms with Gasteiger partial charge < -0.3 is 10.5 Å². The number of halogens is 1. The molecule has 1 aliphatic heterocycles. The second kappa shape index (κ2) is 7.81. The molecule has 1 aliphatic rings. The van der Waals surface area contributed by atoms with Crippen LogP contribution in [0.4, 0.5) is 5.13 Å². The fourth-order valence-corrected chi connectivity index (χ4v) is 3.64. The fraction of sp³-hybridized carbons (Fsp3) is 0.438. The van der Waals surface area contributed by atoms with E-state index in [9.17, 15) is 0 Å². The van der Waals surface area contributed by atoms with Crippen molar-refractivity contribution < 1.29 is 4.74 Å². The standard InChI is InChI=1S/C16H21N3OS.ClH/c1-20-14-4-2-12(3-5-14)13-6-8-19(9-7-13)11-15-10-18-16(17)21-15;/h2-5,10,13H,6-9,11H2,1H3,(H2,17,18);1H. The van der Waals surface area contributed by atoms with Crippen LogP contribution in [0.2, 0.25) is 0 Å². The summed E-state index contributed by atoms with van der Waals surface area (Å²) < 4.78 is 5.22. The van der Waals surface area contributed by atoms with Crippen LogP contribution < -0.4 is 10.5 Å². The van der Waals surface area contributed by atoms with Gasteiger partial charge in [-0.25, -0.2) is 4.98 Å². The summed E-state index contributed by atoms with van der Waals surface area (Å²) in [5, 5.41) is 0.665. The van der Waals surface area contributed by atoms with Crippen molar-refractivity contribution >= 4 is 28.9 Å². The Balaban J connectivity index is 0.00000176. The topological polar surface area (TPSA) is 51.4 Å². The average Bonchev–Trinajstić information content (AvgIpc) is 2.93. The number of thiazole rings is 1. The van der Waals surface area contributed by atoms with Crippen molar-refractivity contribution in [2.24, 2.45) is 0 Å². The minimum absolute atomic E-state index is 0. The molecule has 22 heavy (non-hydrogen) atoms. The quantitative estimate of drug-likeness (QED) is 0.925. The van der Waals surface area contributed by atoms with Crippen LogP contribution in [-0.4, -0.2) is 30.1 Å². The molecule has 1 saturated heterocycles. The first-order valence-corrected chi connectivity index (χ1v) is 8.13. The zero-order valence-electron chi connectivity index (χ0n) is 12.7. The molecule has 1 fully saturated rings. The largest absolute Gasteiger partial charge is 0.497 e. The highest BCUT2D eigenvalue weighted by molar-refractivity contribution is 7.15. The summed E-state index contributed by atoms with van der Waals surface area (Å²) in [6.07, 6.45) is 4.32. The smallest absolute Gasteiger partial charge is 0.180 e. The average molecular weight is 340 g/mol. The Morgan fingerprint density at radius 2 is 1.95 bits per heavy atom. The zero-order chi connectivity index (χ0) is 14.7. The van der Waals surface area contributed by atoms with Gasteiger partial charge in [0.2, 0.25) is 0 Å². The number of nitrogens with two attached hydrogens (primary N) is 1. The molecule has 1 aromatic heterocycles. The third-order valence-electron chi connectivity index (χ3n) is 4.13. The van der Waals surface area contributed by atoms with Crippen molar-refractivity contribution in [1.29, 1.82) is 0 Å². The van der Waals surface area contributed by atoms with E-state index >= 15 is 0 Å². The van der Waals surface area contributed by atoms with Crippen molar-refractivity contribution in [2.45, 2.75) is 25.3 Å². The van der Waals surface area contributed by atoms with Crippen LogP contribution in [0.15, 0.2) is 30.5 Å². The molecule has 0 amide bonds. The molecule has 2 heterocycles. The van der Waals surface area contributed by atoms with Crippen molar-refractivity contribution in [1.82, 2.24) is 9.88 Å². The molecule has 6 heteroatoms. The van der Waals surface area contributed by atoms with Crippen LogP contribution in [0.5, 0.6) is 5.75 Å². The lowest BCUT2D eigenvalue weighted by Gasteiger charge is -2.31. The monoisotopic (exact) mass is 339 g/mol. The number of hydrogen-bond donors (Lipinski definition) is 1. The van der Waals surface area contributed by atoms with Crippen LogP contribution in [0, 0.1) is 0 Å². The SMILES string of the molecule is COc1ccc(C2CCN(Cc3cnc(N)s3)CC2)cc1.Cl. The van der Waals surface area contributed by atoms with Crippen LogP contribution in [0.1, 0.15) is 29.2 Å². The molecule has 0 bridgehead atoms. The fourth-order valence-electron chi connectivity index (χ4n) is 2.92. The van der Waals surface area contributed by atoms with Gasteiger partial charge in [-0.2, -0.15) is 0 Å². The minimum atomic E-state index is 0. The molecule has 2 N–H and O–H groups in total. The van der Waals surface area contributed by atoms with Crippen LogP contribution in [0.3, 0.4) is 0 Å². The lowest BCUT2D eigenvalue weighted by molar-refractivity contribution is 0.206. The van der Waals surface area contributed by atoms with Crippen LogP contribution in [0.25, 0.3) is 0 Å². The van der Waals surface area contributed by atoms with E-state index in [0.717, 1.165) is 25.4 Å². The molecule has 0 saturated carbocycles. The number of anilines is 1. The summed E-state index contributed by atoms with van der Waals surface area (Å²) in [6, 6.07) is 8.51. The number of rotatable bonds is 4. The molecule has 0 atom stereocenters. The number of nitrogen functional groups attached to an aromatic ring is 1. The van der Waals surface area contributed by atoms with Gasteiger partial charge in [0.1, 0.15) is 5.75 Å². The molecular weight excluding hydrogens is 318 g/mol. The van der Waals surface area contributed by atoms with E-state index in [0.29, 0.717) is 11.0 Å². The highest BCUT2D eigenvalue weighted by Crippen LogP contribution is 2.30. The van der Waals surface area contributed by atoms with E-state index < -0.39 is 0 Å². The van der Waals surface area contributed by atoms with Crippen molar-refractivity contribution in [3.05, 3.63) is 40.9 Å². The number of aromatic nitrogens is 1. The van der Waals surface area contributed by atoms with E-state index in [1.807, 2.05) is 6.20 Å². The van der Waals surface area contributed by atoms with Gasteiger partial charge in [0.25, 0.3) is 0 Å². The minimum Gasteiger partial charge on any atom is -0.497 e. The molecule has 1 aromatic carbocycles. The number of nitrogens with zero attached hydrogens (tertiary/aromatic N) is 2. The van der Waals surface area contributed by atoms with E-state index in [1.165, 1.54) is 23.3 Å². The van der Waals surface area contributed by atoms with E-state index in [1.54, 1.807) is 18.4 Å². The lowest BCUT2D eigenvalue weighted by atomic mass is 9.89. The first kappa shape index (κ1) is 17.1. The summed E-state index contributed by atoms with van der Waals surface area (Å²) in [5.41, 5.74) is 7.11. The maximum Gasteiger partial charge on any atom is 0.180 e. The maximum absolute atomic E-state index is 5.68. The zero-order valence-corrected chi connectivity index (χ0v) is 14.3. The molecular formula is C16H22ClN3OS. The molecule has 0 aliphatic carbocycles. The highest BCUT2D eigenvalue weighted by Gasteiger charge is 2.21. The number of benzene rings is 1. The Labute approximate surface area is 141 Å². The Bertz CT molecular complexity index is 579. The first-order chi connectivity index (χ1) is 10.2. The summed E-state index contributed by atoms with van der Waals surface area (Å²) in [4.78, 5) is 7.87. The van der Waals surface area contributed by atoms with Gasteiger partial charge in [-0.1, -0.05) is 12.1 Å². The number of ether oxygens (including phenoxy) is 1. The second-order valence-corrected chi connectivity index (χ2v) is 6.64. The van der Waals surface area contributed by atoms with Gasteiger partial charge in [0, 0.05) is 17.6 Å². The number of methoxy groups -OCH3 is 1. The van der Waals surface area contributed by atoms with Crippen molar-refractivity contribution in [2.75, 3.05) is 25.9 Å². The van der Waals surface area contributed by atoms with Gasteiger partial charge in [-0.05, 0) is 49.5 Å². The van der Waals surface area contributed by atoms with E-state index in [-0.39, 0.29) is 12.4 Å². The molecule has 2 aromatic rings. The predicted octanol–water partition coefficient (Wildman–Crippen LogP) is 3.54. The molecule has 3 rings (SSSR count). The predicted molar refractivity (Wildman–Crippen MR) is 94.0 cm³/mol. The van der Waals surface area contributed by atoms with Gasteiger partial charge in [0.05, 0.1) is 7.11 Å². The molecule has 120 valence electrons. The van der Waals surface area contributed by atoms with Gasteiger partial charge in [-0.15, -0.1) is 23.7 Å². The summed E-state index contributed by atoms with van der Waals surface area (Å²) in [7, 11) is 1.71. The van der Waals surface area contributed by atoms with E-state index in [4.69, 9.17) is 10.5 Å². The Morgan fingerprint density at radius 1 is 1.27 bits per heavy atom. The van der Waals surface area contributed by atoms with Crippen LogP contribution >= 0.6 is 23.7 Å². The van der Waals surface area contributed by atoms with Crippen molar-refractivity contribution in [3.8, 4) is 5.75 Å². The first-order valence-electron chi connectivity index (χ1n) is 7.31. The molecule has 0 unspecified atom stereocenters. The summed E-state index contributed by atoms with van der Waals surface area (Å²) in [6.45, 7) is 3.24. The van der Waals surface area contributed by atoms with Gasteiger partial charge in [0.15, 0.2) is 5.13 Å². The third-order valence-corrected chi connectivity index (χ3v) is 4.94. The molecule has 0 spiro atoms. The third kappa shape index (κ3) is 4.12. The van der Waals surface area contributed by atoms with Crippen molar-refractivity contribution in [3.63, 3.8) is 0 Å². The number of piperidine rings is 1. The lowest BCUT2D eigenvalue weighted by Crippen LogP contribution is -2.32. The van der Waals surface area contributed by atoms with Gasteiger partial charge in [-0.3, -0.25) is 4.90 Å². The number of hydrogen-bond acceptors (Lipinski definition) is 5. The maximum atomic E-state index is 5.68. The molecule has 4 nitrogen and oxygen atoms in total. The Kier molecular flexibility index (Phi) is 6.06. The van der Waals surface area contributed by atoms with Gasteiger partial charge >= 0.3 is 0 Å².